The number of aryl methyl sites for hydroxylation is 2. The second kappa shape index (κ2) is 6.18. The first-order valence-electron chi connectivity index (χ1n) is 7.85. The lowest BCUT2D eigenvalue weighted by Crippen LogP contribution is -2.46. The number of halogens is 1. The van der Waals surface area contributed by atoms with Gasteiger partial charge in [0.05, 0.1) is 15.9 Å². The standard InChI is InChI=1S/C16H28BrN3/c1-5-13-15(17)14(20(4)19-13)10-16(18)8-6-12(7-9-16)11(2)3/h11-12H,5-10,18H2,1-4H3. The molecule has 0 spiro atoms. The van der Waals surface area contributed by atoms with E-state index in [0.29, 0.717) is 0 Å². The summed E-state index contributed by atoms with van der Waals surface area (Å²) in [5, 5.41) is 4.58. The van der Waals surface area contributed by atoms with E-state index in [4.69, 9.17) is 5.73 Å². The third-order valence-corrected chi connectivity index (χ3v) is 5.91. The molecule has 2 rings (SSSR count). The predicted molar refractivity (Wildman–Crippen MR) is 87.7 cm³/mol. The molecule has 0 radical (unpaired) electrons. The summed E-state index contributed by atoms with van der Waals surface area (Å²) >= 11 is 3.71. The molecule has 20 heavy (non-hydrogen) atoms. The summed E-state index contributed by atoms with van der Waals surface area (Å²) in [7, 11) is 2.03. The molecule has 1 saturated carbocycles. The minimum Gasteiger partial charge on any atom is -0.325 e. The monoisotopic (exact) mass is 341 g/mol. The SMILES string of the molecule is CCc1nn(C)c(CC2(N)CCC(C(C)C)CC2)c1Br. The molecule has 0 atom stereocenters. The number of rotatable bonds is 4. The van der Waals surface area contributed by atoms with E-state index in [-0.39, 0.29) is 5.54 Å². The van der Waals surface area contributed by atoms with Crippen LogP contribution in [0.4, 0.5) is 0 Å². The van der Waals surface area contributed by atoms with Crippen molar-refractivity contribution in [3.63, 3.8) is 0 Å². The first-order chi connectivity index (χ1) is 9.36. The average Bonchev–Trinajstić information content (AvgIpc) is 2.66. The van der Waals surface area contributed by atoms with Crippen molar-refractivity contribution in [1.82, 2.24) is 9.78 Å². The smallest absolute Gasteiger partial charge is 0.0766 e. The lowest BCUT2D eigenvalue weighted by atomic mass is 9.71. The zero-order chi connectivity index (χ0) is 14.9. The van der Waals surface area contributed by atoms with Gasteiger partial charge in [0.25, 0.3) is 0 Å². The molecule has 0 aliphatic heterocycles. The van der Waals surface area contributed by atoms with Crippen LogP contribution in [-0.4, -0.2) is 15.3 Å². The van der Waals surface area contributed by atoms with Crippen LogP contribution in [-0.2, 0) is 19.9 Å². The van der Waals surface area contributed by atoms with Crippen molar-refractivity contribution in [2.75, 3.05) is 0 Å². The van der Waals surface area contributed by atoms with E-state index in [0.717, 1.165) is 43.2 Å². The van der Waals surface area contributed by atoms with Crippen molar-refractivity contribution >= 4 is 15.9 Å². The molecule has 0 bridgehead atoms. The summed E-state index contributed by atoms with van der Waals surface area (Å²) in [4.78, 5) is 0. The third kappa shape index (κ3) is 3.28. The number of aromatic nitrogens is 2. The van der Waals surface area contributed by atoms with Crippen LogP contribution in [0.25, 0.3) is 0 Å². The molecule has 0 amide bonds. The van der Waals surface area contributed by atoms with Gasteiger partial charge in [-0.1, -0.05) is 20.8 Å². The lowest BCUT2D eigenvalue weighted by molar-refractivity contribution is 0.192. The second-order valence-electron chi connectivity index (χ2n) is 6.81. The Hall–Kier alpha value is -0.350. The van der Waals surface area contributed by atoms with E-state index < -0.39 is 0 Å². The largest absolute Gasteiger partial charge is 0.325 e. The summed E-state index contributed by atoms with van der Waals surface area (Å²) in [6.45, 7) is 6.81. The summed E-state index contributed by atoms with van der Waals surface area (Å²) in [5.41, 5.74) is 9.03. The fourth-order valence-electron chi connectivity index (χ4n) is 3.40. The fraction of sp³-hybridized carbons (Fsp3) is 0.812. The summed E-state index contributed by atoms with van der Waals surface area (Å²) < 4.78 is 3.17. The van der Waals surface area contributed by atoms with Gasteiger partial charge in [0.1, 0.15) is 0 Å². The molecule has 1 aliphatic carbocycles. The second-order valence-corrected chi connectivity index (χ2v) is 7.60. The Labute approximate surface area is 131 Å². The predicted octanol–water partition coefficient (Wildman–Crippen LogP) is 3.83. The molecule has 1 fully saturated rings. The Morgan fingerprint density at radius 2 is 2.00 bits per heavy atom. The number of nitrogens with two attached hydrogens (primary N) is 1. The fourth-order valence-corrected chi connectivity index (χ4v) is 4.16. The van der Waals surface area contributed by atoms with Crippen molar-refractivity contribution in [2.45, 2.75) is 64.8 Å². The van der Waals surface area contributed by atoms with E-state index in [1.165, 1.54) is 23.0 Å². The van der Waals surface area contributed by atoms with Gasteiger partial charge >= 0.3 is 0 Å². The molecule has 0 unspecified atom stereocenters. The zero-order valence-electron chi connectivity index (χ0n) is 13.2. The van der Waals surface area contributed by atoms with Gasteiger partial charge in [-0.2, -0.15) is 5.10 Å². The van der Waals surface area contributed by atoms with Gasteiger partial charge in [0, 0.05) is 19.0 Å². The van der Waals surface area contributed by atoms with Gasteiger partial charge in [-0.25, -0.2) is 0 Å². The van der Waals surface area contributed by atoms with Crippen molar-refractivity contribution in [3.05, 3.63) is 15.9 Å². The first-order valence-corrected chi connectivity index (χ1v) is 8.64. The molecule has 3 nitrogen and oxygen atoms in total. The van der Waals surface area contributed by atoms with Gasteiger partial charge in [-0.3, -0.25) is 4.68 Å². The molecular formula is C16H28BrN3. The Morgan fingerprint density at radius 3 is 2.45 bits per heavy atom. The molecule has 4 heteroatoms. The van der Waals surface area contributed by atoms with Crippen LogP contribution in [0.1, 0.15) is 57.8 Å². The highest BCUT2D eigenvalue weighted by molar-refractivity contribution is 9.10. The minimum atomic E-state index is -0.0489. The quantitative estimate of drug-likeness (QED) is 0.904. The Kier molecular flexibility index (Phi) is 4.96. The van der Waals surface area contributed by atoms with Gasteiger partial charge in [-0.05, 0) is 59.9 Å². The normalized spacial score (nSPS) is 27.2. The number of nitrogens with zero attached hydrogens (tertiary/aromatic N) is 2. The van der Waals surface area contributed by atoms with Gasteiger partial charge < -0.3 is 5.73 Å². The highest BCUT2D eigenvalue weighted by Crippen LogP contribution is 2.37. The van der Waals surface area contributed by atoms with Gasteiger partial charge in [-0.15, -0.1) is 0 Å². The van der Waals surface area contributed by atoms with Gasteiger partial charge in [0.15, 0.2) is 0 Å². The maximum Gasteiger partial charge on any atom is 0.0766 e. The molecule has 1 aromatic heterocycles. The molecule has 2 N–H and O–H groups in total. The molecule has 0 saturated heterocycles. The highest BCUT2D eigenvalue weighted by Gasteiger charge is 2.34. The van der Waals surface area contributed by atoms with E-state index in [2.05, 4.69) is 41.8 Å². The van der Waals surface area contributed by atoms with Crippen LogP contribution in [0.2, 0.25) is 0 Å². The maximum atomic E-state index is 6.68. The third-order valence-electron chi connectivity index (χ3n) is 4.99. The van der Waals surface area contributed by atoms with Crippen molar-refractivity contribution in [1.29, 1.82) is 0 Å². The van der Waals surface area contributed by atoms with Crippen molar-refractivity contribution in [2.24, 2.45) is 24.6 Å². The topological polar surface area (TPSA) is 43.8 Å². The molecule has 1 heterocycles. The van der Waals surface area contributed by atoms with E-state index in [9.17, 15) is 0 Å². The van der Waals surface area contributed by atoms with Crippen LogP contribution >= 0.6 is 15.9 Å². The first kappa shape index (κ1) is 16.0. The van der Waals surface area contributed by atoms with E-state index in [1.807, 2.05) is 11.7 Å². The number of hydrogen-bond acceptors (Lipinski definition) is 2. The zero-order valence-corrected chi connectivity index (χ0v) is 14.8. The Balaban J connectivity index is 2.09. The van der Waals surface area contributed by atoms with E-state index in [1.54, 1.807) is 0 Å². The summed E-state index contributed by atoms with van der Waals surface area (Å²) in [5.74, 6) is 1.64. The Bertz CT molecular complexity index is 457. The van der Waals surface area contributed by atoms with Crippen LogP contribution in [0.5, 0.6) is 0 Å². The van der Waals surface area contributed by atoms with E-state index >= 15 is 0 Å². The molecule has 1 aliphatic rings. The summed E-state index contributed by atoms with van der Waals surface area (Å²) in [6.07, 6.45) is 6.70. The van der Waals surface area contributed by atoms with Crippen LogP contribution in [0.15, 0.2) is 4.47 Å². The van der Waals surface area contributed by atoms with Crippen LogP contribution in [0.3, 0.4) is 0 Å². The molecule has 1 aromatic rings. The molecule has 0 aromatic carbocycles. The van der Waals surface area contributed by atoms with Gasteiger partial charge in [0.2, 0.25) is 0 Å². The van der Waals surface area contributed by atoms with Crippen molar-refractivity contribution < 1.29 is 0 Å². The highest BCUT2D eigenvalue weighted by atomic mass is 79.9. The number of hydrogen-bond donors (Lipinski definition) is 1. The van der Waals surface area contributed by atoms with Crippen molar-refractivity contribution in [3.8, 4) is 0 Å². The Morgan fingerprint density at radius 1 is 1.40 bits per heavy atom. The molecular weight excluding hydrogens is 314 g/mol. The summed E-state index contributed by atoms with van der Waals surface area (Å²) in [6, 6.07) is 0. The maximum absolute atomic E-state index is 6.68. The molecule has 114 valence electrons. The lowest BCUT2D eigenvalue weighted by Gasteiger charge is -2.38. The average molecular weight is 342 g/mol. The van der Waals surface area contributed by atoms with Crippen LogP contribution < -0.4 is 5.73 Å². The van der Waals surface area contributed by atoms with Crippen LogP contribution in [0, 0.1) is 11.8 Å². The minimum absolute atomic E-state index is 0.0489.